The minimum Gasteiger partial charge on any atom is -0.335 e. The van der Waals surface area contributed by atoms with E-state index in [9.17, 15) is 0 Å². The van der Waals surface area contributed by atoms with Crippen LogP contribution in [0.15, 0.2) is 60.7 Å². The van der Waals surface area contributed by atoms with Gasteiger partial charge in [0.05, 0.1) is 5.54 Å². The molecule has 0 N–H and O–H groups in total. The van der Waals surface area contributed by atoms with Crippen LogP contribution in [0.4, 0.5) is 28.4 Å². The molecule has 4 aliphatic rings. The van der Waals surface area contributed by atoms with Crippen molar-refractivity contribution in [3.05, 3.63) is 94.0 Å². The van der Waals surface area contributed by atoms with Crippen LogP contribution in [-0.2, 0) is 16.2 Å². The number of hydrogen-bond donors (Lipinski definition) is 0. The zero-order chi connectivity index (χ0) is 32.7. The maximum atomic E-state index is 2.87. The van der Waals surface area contributed by atoms with Gasteiger partial charge in [-0.15, -0.1) is 0 Å². The second kappa shape index (κ2) is 9.33. The minimum absolute atomic E-state index is 0.0418. The Bertz CT molecular complexity index is 1940. The molecule has 1 fully saturated rings. The Morgan fingerprint density at radius 2 is 1.28 bits per heavy atom. The molecule has 2 nitrogen and oxygen atoms in total. The number of rotatable bonds is 1. The fourth-order valence-corrected chi connectivity index (χ4v) is 10.0. The quantitative estimate of drug-likeness (QED) is 0.175. The fourth-order valence-electron chi connectivity index (χ4n) is 10.0. The van der Waals surface area contributed by atoms with E-state index in [1.54, 1.807) is 11.0 Å². The van der Waals surface area contributed by atoms with Gasteiger partial charge in [0.25, 0.3) is 6.71 Å². The predicted octanol–water partition coefficient (Wildman–Crippen LogP) is 9.56. The topological polar surface area (TPSA) is 6.48 Å². The maximum absolute atomic E-state index is 2.87. The summed E-state index contributed by atoms with van der Waals surface area (Å²) in [5.74, 6) is 0. The van der Waals surface area contributed by atoms with Crippen LogP contribution in [-0.4, -0.2) is 12.3 Å². The van der Waals surface area contributed by atoms with Crippen molar-refractivity contribution in [3.8, 4) is 0 Å². The van der Waals surface area contributed by atoms with Crippen LogP contribution in [0.3, 0.4) is 0 Å². The first-order valence-electron chi connectivity index (χ1n) is 17.7. The highest BCUT2D eigenvalue weighted by Gasteiger charge is 2.62. The molecule has 46 heavy (non-hydrogen) atoms. The van der Waals surface area contributed by atoms with Gasteiger partial charge in [-0.3, -0.25) is 0 Å². The Hall–Kier alpha value is -3.46. The van der Waals surface area contributed by atoms with Crippen LogP contribution in [0.1, 0.15) is 114 Å². The standard InChI is InChI=1S/C43H51BN2/c1-26-22-34-38-35(23-26)46-39-36(42(10)20-12-13-21-43(42,46)11)27(2)24-28(3)37(39)44(38)32-25-30(41(7,8)9)16-19-33(32)45(34)31-17-14-29(15-18-31)40(4,5)6/h14-19,22-25H,12-13,20-21H2,1-11H3. The number of aryl methyl sites for hydroxylation is 3. The van der Waals surface area contributed by atoms with E-state index in [2.05, 4.69) is 147 Å². The smallest absolute Gasteiger partial charge is 0.252 e. The summed E-state index contributed by atoms with van der Waals surface area (Å²) in [5.41, 5.74) is 20.4. The summed E-state index contributed by atoms with van der Waals surface area (Å²) in [6.45, 7) is 26.5. The summed E-state index contributed by atoms with van der Waals surface area (Å²) in [5, 5.41) is 0. The van der Waals surface area contributed by atoms with Crippen LogP contribution in [0.25, 0.3) is 0 Å². The highest BCUT2D eigenvalue weighted by Crippen LogP contribution is 2.62. The Morgan fingerprint density at radius 3 is 1.96 bits per heavy atom. The van der Waals surface area contributed by atoms with Gasteiger partial charge in [-0.05, 0) is 126 Å². The molecule has 0 saturated heterocycles. The SMILES string of the molecule is Cc1cc2c3c(c1)N1c4c(c(C)cc(C)c4C4(C)CCCCC14C)B3c1cc(C(C)(C)C)ccc1N2c1ccc(C(C)(C)C)cc1. The molecule has 4 aromatic rings. The van der Waals surface area contributed by atoms with Gasteiger partial charge < -0.3 is 9.80 Å². The van der Waals surface area contributed by atoms with E-state index in [0.717, 1.165) is 0 Å². The monoisotopic (exact) mass is 606 g/mol. The molecule has 2 unspecified atom stereocenters. The van der Waals surface area contributed by atoms with Crippen molar-refractivity contribution in [2.75, 3.05) is 9.80 Å². The highest BCUT2D eigenvalue weighted by atomic mass is 15.3. The van der Waals surface area contributed by atoms with Crippen LogP contribution in [0, 0.1) is 20.8 Å². The molecular weight excluding hydrogens is 555 g/mol. The first-order chi connectivity index (χ1) is 21.6. The molecule has 3 aliphatic heterocycles. The van der Waals surface area contributed by atoms with E-state index >= 15 is 0 Å². The van der Waals surface area contributed by atoms with Crippen LogP contribution < -0.4 is 26.2 Å². The molecule has 4 aromatic carbocycles. The second-order valence-corrected chi connectivity index (χ2v) is 17.6. The molecule has 3 heterocycles. The molecule has 0 amide bonds. The van der Waals surface area contributed by atoms with E-state index in [-0.39, 0.29) is 28.5 Å². The summed E-state index contributed by atoms with van der Waals surface area (Å²) in [4.78, 5) is 5.46. The second-order valence-electron chi connectivity index (χ2n) is 17.6. The number of hydrogen-bond acceptors (Lipinski definition) is 2. The number of benzene rings is 4. The molecule has 0 spiro atoms. The van der Waals surface area contributed by atoms with Crippen molar-refractivity contribution in [3.63, 3.8) is 0 Å². The van der Waals surface area contributed by atoms with Gasteiger partial charge in [-0.25, -0.2) is 0 Å². The van der Waals surface area contributed by atoms with Gasteiger partial charge in [0.15, 0.2) is 0 Å². The van der Waals surface area contributed by atoms with E-state index in [4.69, 9.17) is 0 Å². The largest absolute Gasteiger partial charge is 0.335 e. The predicted molar refractivity (Wildman–Crippen MR) is 200 cm³/mol. The summed E-state index contributed by atoms with van der Waals surface area (Å²) in [6.07, 6.45) is 5.09. The molecule has 236 valence electrons. The number of nitrogens with zero attached hydrogens (tertiary/aromatic N) is 2. The molecule has 8 rings (SSSR count). The third kappa shape index (κ3) is 3.78. The van der Waals surface area contributed by atoms with Gasteiger partial charge in [-0.1, -0.05) is 97.2 Å². The molecule has 1 aliphatic carbocycles. The Labute approximate surface area is 278 Å². The molecule has 0 aromatic heterocycles. The van der Waals surface area contributed by atoms with Crippen LogP contribution in [0.2, 0.25) is 0 Å². The average Bonchev–Trinajstić information content (AvgIpc) is 3.19. The van der Waals surface area contributed by atoms with E-state index < -0.39 is 0 Å². The normalized spacial score (nSPS) is 22.8. The minimum atomic E-state index is 0.0418. The van der Waals surface area contributed by atoms with Crippen molar-refractivity contribution in [1.82, 2.24) is 0 Å². The summed E-state index contributed by atoms with van der Waals surface area (Å²) >= 11 is 0. The third-order valence-corrected chi connectivity index (χ3v) is 12.6. The van der Waals surface area contributed by atoms with Gasteiger partial charge in [0, 0.05) is 33.9 Å². The average molecular weight is 607 g/mol. The van der Waals surface area contributed by atoms with Crippen LogP contribution in [0.5, 0.6) is 0 Å². The summed E-state index contributed by atoms with van der Waals surface area (Å²) in [7, 11) is 0. The van der Waals surface area contributed by atoms with Gasteiger partial charge >= 0.3 is 0 Å². The van der Waals surface area contributed by atoms with Gasteiger partial charge in [0.1, 0.15) is 0 Å². The summed E-state index contributed by atoms with van der Waals surface area (Å²) in [6, 6.07) is 24.3. The zero-order valence-corrected chi connectivity index (χ0v) is 30.1. The first-order valence-corrected chi connectivity index (χ1v) is 17.7. The maximum Gasteiger partial charge on any atom is 0.252 e. The van der Waals surface area contributed by atoms with Crippen molar-refractivity contribution in [2.45, 2.75) is 124 Å². The van der Waals surface area contributed by atoms with E-state index in [0.29, 0.717) is 0 Å². The lowest BCUT2D eigenvalue weighted by molar-refractivity contribution is 0.194. The molecular formula is C43H51BN2. The van der Waals surface area contributed by atoms with Crippen molar-refractivity contribution in [1.29, 1.82) is 0 Å². The first kappa shape index (κ1) is 29.9. The molecule has 1 saturated carbocycles. The fraction of sp³-hybridized carbons (Fsp3) is 0.442. The number of fused-ring (bicyclic) bond motifs is 7. The lowest BCUT2D eigenvalue weighted by Gasteiger charge is -2.53. The molecule has 2 atom stereocenters. The van der Waals surface area contributed by atoms with Gasteiger partial charge in [-0.2, -0.15) is 0 Å². The van der Waals surface area contributed by atoms with Crippen LogP contribution >= 0.6 is 0 Å². The Balaban J connectivity index is 1.49. The molecule has 3 heteroatoms. The number of anilines is 5. The van der Waals surface area contributed by atoms with Crippen molar-refractivity contribution < 1.29 is 0 Å². The summed E-state index contributed by atoms with van der Waals surface area (Å²) < 4.78 is 0. The van der Waals surface area contributed by atoms with Crippen molar-refractivity contribution in [2.24, 2.45) is 0 Å². The third-order valence-electron chi connectivity index (χ3n) is 12.6. The van der Waals surface area contributed by atoms with E-state index in [1.807, 2.05) is 0 Å². The highest BCUT2D eigenvalue weighted by molar-refractivity contribution is 7.00. The lowest BCUT2D eigenvalue weighted by atomic mass is 9.32. The van der Waals surface area contributed by atoms with E-state index in [1.165, 1.54) is 92.9 Å². The molecule has 0 radical (unpaired) electrons. The Kier molecular flexibility index (Phi) is 6.07. The lowest BCUT2D eigenvalue weighted by Crippen LogP contribution is -2.65. The van der Waals surface area contributed by atoms with Gasteiger partial charge in [0.2, 0.25) is 0 Å². The van der Waals surface area contributed by atoms with Crippen molar-refractivity contribution >= 4 is 51.5 Å². The zero-order valence-electron chi connectivity index (χ0n) is 30.1. The molecule has 0 bridgehead atoms. The Morgan fingerprint density at radius 1 is 0.652 bits per heavy atom.